The fourth-order valence-corrected chi connectivity index (χ4v) is 4.65. The number of benzene rings is 1. The van der Waals surface area contributed by atoms with Crippen LogP contribution in [-0.2, 0) is 6.54 Å². The number of hydrogen-bond acceptors (Lipinski definition) is 6. The van der Waals surface area contributed by atoms with Crippen molar-refractivity contribution in [2.45, 2.75) is 38.1 Å². The maximum Gasteiger partial charge on any atom is 0.331 e. The third kappa shape index (κ3) is 4.40. The van der Waals surface area contributed by atoms with Crippen LogP contribution in [0.2, 0.25) is 0 Å². The lowest BCUT2D eigenvalue weighted by Crippen LogP contribution is -2.48. The van der Waals surface area contributed by atoms with E-state index in [1.165, 1.54) is 9.80 Å². The molecule has 2 aliphatic heterocycles. The number of amides is 4. The smallest absolute Gasteiger partial charge is 0.331 e. The number of phenols is 1. The van der Waals surface area contributed by atoms with E-state index >= 15 is 0 Å². The van der Waals surface area contributed by atoms with Gasteiger partial charge in [-0.2, -0.15) is 0 Å². The van der Waals surface area contributed by atoms with Crippen molar-refractivity contribution in [3.05, 3.63) is 35.4 Å². The number of rotatable bonds is 5. The van der Waals surface area contributed by atoms with E-state index in [1.54, 1.807) is 26.2 Å². The Morgan fingerprint density at radius 2 is 2.12 bits per heavy atom. The van der Waals surface area contributed by atoms with Crippen molar-refractivity contribution in [3.8, 4) is 22.8 Å². The summed E-state index contributed by atoms with van der Waals surface area (Å²) in [5, 5.41) is 17.1. The molecule has 1 saturated carbocycles. The Morgan fingerprint density at radius 3 is 2.82 bits per heavy atom. The van der Waals surface area contributed by atoms with E-state index in [4.69, 9.17) is 9.72 Å². The van der Waals surface area contributed by atoms with E-state index < -0.39 is 6.03 Å². The quantitative estimate of drug-likeness (QED) is 0.621. The maximum absolute atomic E-state index is 12.8. The molecule has 1 atom stereocenters. The second-order valence-electron chi connectivity index (χ2n) is 9.57. The van der Waals surface area contributed by atoms with Gasteiger partial charge in [-0.25, -0.2) is 19.5 Å². The first-order chi connectivity index (χ1) is 16.4. The zero-order valence-electron chi connectivity index (χ0n) is 19.6. The van der Waals surface area contributed by atoms with E-state index in [0.717, 1.165) is 49.9 Å². The number of aromatic nitrogens is 1. The van der Waals surface area contributed by atoms with Gasteiger partial charge >= 0.3 is 12.1 Å². The molecule has 3 aliphatic rings. The largest absolute Gasteiger partial charge is 0.507 e. The normalized spacial score (nSPS) is 19.9. The van der Waals surface area contributed by atoms with Gasteiger partial charge in [-0.3, -0.25) is 5.32 Å². The molecule has 0 spiro atoms. The number of fused-ring (bicyclic) bond motifs is 1. The third-order valence-corrected chi connectivity index (χ3v) is 6.73. The van der Waals surface area contributed by atoms with Gasteiger partial charge in [-0.05, 0) is 67.8 Å². The zero-order valence-corrected chi connectivity index (χ0v) is 19.6. The van der Waals surface area contributed by atoms with E-state index in [9.17, 15) is 14.7 Å². The van der Waals surface area contributed by atoms with Crippen LogP contribution in [0.1, 0.15) is 42.7 Å². The van der Waals surface area contributed by atoms with Gasteiger partial charge in [0, 0.05) is 26.2 Å². The van der Waals surface area contributed by atoms with Crippen LogP contribution in [0, 0.1) is 5.92 Å². The molecule has 1 aliphatic carbocycles. The molecular weight excluding hydrogens is 434 g/mol. The number of nitrogens with zero attached hydrogens (tertiary/aromatic N) is 3. The van der Waals surface area contributed by atoms with Crippen LogP contribution in [-0.4, -0.2) is 65.7 Å². The number of pyridine rings is 1. The number of phenolic OH excluding ortho intramolecular Hbond substituents is 1. The number of piperidine rings is 1. The number of hydrogen-bond donors (Lipinski definition) is 3. The van der Waals surface area contributed by atoms with Gasteiger partial charge in [0.05, 0.1) is 24.4 Å². The van der Waals surface area contributed by atoms with Crippen LogP contribution >= 0.6 is 0 Å². The molecular formula is C25H31N5O4. The van der Waals surface area contributed by atoms with Gasteiger partial charge in [0.2, 0.25) is 0 Å². The van der Waals surface area contributed by atoms with Crippen molar-refractivity contribution in [2.24, 2.45) is 5.92 Å². The average molecular weight is 466 g/mol. The molecule has 1 saturated heterocycles. The first-order valence-electron chi connectivity index (χ1n) is 11.9. The van der Waals surface area contributed by atoms with Crippen LogP contribution < -0.4 is 15.4 Å². The van der Waals surface area contributed by atoms with Gasteiger partial charge in [-0.15, -0.1) is 0 Å². The Labute approximate surface area is 199 Å². The number of nitrogens with one attached hydrogen (secondary N) is 2. The molecule has 2 aromatic rings. The number of anilines is 1. The van der Waals surface area contributed by atoms with Gasteiger partial charge in [0.15, 0.2) is 0 Å². The number of imide groups is 1. The lowest BCUT2D eigenvalue weighted by molar-refractivity contribution is 0.170. The number of carbonyl (C=O) groups is 2. The Balaban J connectivity index is 1.59. The summed E-state index contributed by atoms with van der Waals surface area (Å²) in [6.07, 6.45) is 4.36. The SMILES string of the molecule is CN(C)C(=O)N1Cc2c(C3CCCNC3)cc(-c3c(O)cccc3OCC3CC3)nc2NC1=O. The van der Waals surface area contributed by atoms with Crippen LogP contribution in [0.5, 0.6) is 11.5 Å². The molecule has 1 aromatic heterocycles. The molecule has 0 radical (unpaired) electrons. The predicted molar refractivity (Wildman–Crippen MR) is 128 cm³/mol. The van der Waals surface area contributed by atoms with Gasteiger partial charge in [0.25, 0.3) is 0 Å². The topological polar surface area (TPSA) is 107 Å². The molecule has 180 valence electrons. The molecule has 9 nitrogen and oxygen atoms in total. The van der Waals surface area contributed by atoms with Crippen LogP contribution in [0.3, 0.4) is 0 Å². The molecule has 34 heavy (non-hydrogen) atoms. The van der Waals surface area contributed by atoms with E-state index in [-0.39, 0.29) is 24.2 Å². The summed E-state index contributed by atoms with van der Waals surface area (Å²) in [5.74, 6) is 1.87. The van der Waals surface area contributed by atoms with Crippen LogP contribution in [0.25, 0.3) is 11.3 Å². The first kappa shape index (κ1) is 22.5. The summed E-state index contributed by atoms with van der Waals surface area (Å²) in [6, 6.07) is 6.33. The van der Waals surface area contributed by atoms with E-state index in [1.807, 2.05) is 12.1 Å². The monoisotopic (exact) mass is 465 g/mol. The second kappa shape index (κ2) is 9.13. The Hall–Kier alpha value is -3.33. The third-order valence-electron chi connectivity index (χ3n) is 6.73. The molecule has 2 fully saturated rings. The van der Waals surface area contributed by atoms with E-state index in [2.05, 4.69) is 10.6 Å². The number of ether oxygens (including phenoxy) is 1. The molecule has 9 heteroatoms. The minimum Gasteiger partial charge on any atom is -0.507 e. The van der Waals surface area contributed by atoms with Crippen molar-refractivity contribution in [2.75, 3.05) is 39.1 Å². The fraction of sp³-hybridized carbons (Fsp3) is 0.480. The minimum absolute atomic E-state index is 0.0833. The highest BCUT2D eigenvalue weighted by Crippen LogP contribution is 2.42. The maximum atomic E-state index is 12.8. The zero-order chi connectivity index (χ0) is 23.8. The summed E-state index contributed by atoms with van der Waals surface area (Å²) in [7, 11) is 3.25. The van der Waals surface area contributed by atoms with Gasteiger partial charge < -0.3 is 20.1 Å². The molecule has 3 N–H and O–H groups in total. The fourth-order valence-electron chi connectivity index (χ4n) is 4.65. The molecule has 1 unspecified atom stereocenters. The Morgan fingerprint density at radius 1 is 1.29 bits per heavy atom. The Bertz CT molecular complexity index is 1110. The van der Waals surface area contributed by atoms with Crippen molar-refractivity contribution < 1.29 is 19.4 Å². The number of urea groups is 2. The summed E-state index contributed by atoms with van der Waals surface area (Å²) >= 11 is 0. The average Bonchev–Trinajstić information content (AvgIpc) is 3.66. The van der Waals surface area contributed by atoms with E-state index in [0.29, 0.717) is 35.3 Å². The molecule has 0 bridgehead atoms. The molecule has 5 rings (SSSR count). The number of carbonyl (C=O) groups excluding carboxylic acids is 2. The first-order valence-corrected chi connectivity index (χ1v) is 11.9. The Kier molecular flexibility index (Phi) is 6.03. The highest BCUT2D eigenvalue weighted by molar-refractivity contribution is 6.02. The lowest BCUT2D eigenvalue weighted by atomic mass is 9.87. The minimum atomic E-state index is -0.508. The predicted octanol–water partition coefficient (Wildman–Crippen LogP) is 3.74. The summed E-state index contributed by atoms with van der Waals surface area (Å²) in [6.45, 7) is 2.54. The summed E-state index contributed by atoms with van der Waals surface area (Å²) in [5.41, 5.74) is 2.94. The second-order valence-corrected chi connectivity index (χ2v) is 9.57. The van der Waals surface area contributed by atoms with Gasteiger partial charge in [0.1, 0.15) is 17.3 Å². The standard InChI is InChI=1S/C25H31N5O4/c1-29(2)25(33)30-13-18-17(16-5-4-10-26-12-16)11-19(27-23(18)28-24(30)32)22-20(31)6-3-7-21(22)34-14-15-8-9-15/h3,6-7,11,15-16,26,31H,4-5,8-10,12-14H2,1-2H3,(H,27,28,32). The van der Waals surface area contributed by atoms with Crippen LogP contribution in [0.15, 0.2) is 24.3 Å². The van der Waals surface area contributed by atoms with Crippen molar-refractivity contribution >= 4 is 17.9 Å². The van der Waals surface area contributed by atoms with Crippen LogP contribution in [0.4, 0.5) is 15.4 Å². The highest BCUT2D eigenvalue weighted by atomic mass is 16.5. The van der Waals surface area contributed by atoms with Crippen molar-refractivity contribution in [1.82, 2.24) is 20.1 Å². The number of aromatic hydroxyl groups is 1. The summed E-state index contributed by atoms with van der Waals surface area (Å²) in [4.78, 5) is 32.8. The lowest BCUT2D eigenvalue weighted by Gasteiger charge is -2.33. The van der Waals surface area contributed by atoms with Crippen molar-refractivity contribution in [3.63, 3.8) is 0 Å². The molecule has 3 heterocycles. The summed E-state index contributed by atoms with van der Waals surface area (Å²) < 4.78 is 6.06. The molecule has 1 aromatic carbocycles. The van der Waals surface area contributed by atoms with Crippen molar-refractivity contribution in [1.29, 1.82) is 0 Å². The van der Waals surface area contributed by atoms with Gasteiger partial charge in [-0.1, -0.05) is 6.07 Å². The highest BCUT2D eigenvalue weighted by Gasteiger charge is 2.34. The molecule has 4 amide bonds.